The number of aryl methyl sites for hydroxylation is 4. The fraction of sp³-hybridized carbons (Fsp3) is 0.526. The molecule has 0 aliphatic rings. The Morgan fingerprint density at radius 3 is 0.935 bits per heavy atom. The first-order chi connectivity index (χ1) is 22.2. The predicted molar refractivity (Wildman–Crippen MR) is 200 cm³/mol. The lowest BCUT2D eigenvalue weighted by Gasteiger charge is -2.31. The highest BCUT2D eigenvalue weighted by Gasteiger charge is 2.18. The van der Waals surface area contributed by atoms with Crippen LogP contribution in [0.25, 0.3) is 0 Å². The number of hydrogen-bond acceptors (Lipinski definition) is 8. The van der Waals surface area contributed by atoms with Crippen molar-refractivity contribution in [2.45, 2.75) is 40.5 Å². The van der Waals surface area contributed by atoms with Gasteiger partial charge in [-0.3, -0.25) is 0 Å². The Morgan fingerprint density at radius 2 is 0.674 bits per heavy atom. The van der Waals surface area contributed by atoms with E-state index in [1.807, 2.05) is 0 Å². The molecule has 8 nitrogen and oxygen atoms in total. The normalized spacial score (nSPS) is 11.1. The Bertz CT molecular complexity index is 1060. The molecule has 0 aromatic heterocycles. The first-order valence-electron chi connectivity index (χ1n) is 17.0. The molecule has 3 aromatic rings. The average molecular weight is 635 g/mol. The SMILES string of the molecule is Cc1ccc(C)cc1.Cc1ccc(CC(CN(CCN)CCN)CN(CCN)CCN)cc1.Cc1ccc(CC(CN)CN)cc1. The second-order valence-electron chi connectivity index (χ2n) is 12.5. The highest BCUT2D eigenvalue weighted by atomic mass is 15.2. The second-order valence-corrected chi connectivity index (χ2v) is 12.5. The van der Waals surface area contributed by atoms with E-state index < -0.39 is 0 Å². The van der Waals surface area contributed by atoms with Crippen molar-refractivity contribution >= 4 is 0 Å². The van der Waals surface area contributed by atoms with Gasteiger partial charge in [-0.15, -0.1) is 0 Å². The van der Waals surface area contributed by atoms with Crippen LogP contribution < -0.4 is 34.4 Å². The molecular formula is C38H66N8. The van der Waals surface area contributed by atoms with E-state index in [9.17, 15) is 0 Å². The van der Waals surface area contributed by atoms with Gasteiger partial charge in [0, 0.05) is 65.4 Å². The Kier molecular flexibility index (Phi) is 22.9. The van der Waals surface area contributed by atoms with E-state index >= 15 is 0 Å². The van der Waals surface area contributed by atoms with Crippen molar-refractivity contribution in [3.8, 4) is 0 Å². The van der Waals surface area contributed by atoms with Gasteiger partial charge < -0.3 is 44.2 Å². The van der Waals surface area contributed by atoms with Crippen LogP contribution in [-0.2, 0) is 12.8 Å². The van der Waals surface area contributed by atoms with Crippen LogP contribution in [0, 0.1) is 39.5 Å². The van der Waals surface area contributed by atoms with E-state index in [2.05, 4.69) is 110 Å². The molecule has 0 amide bonds. The lowest BCUT2D eigenvalue weighted by molar-refractivity contribution is 0.182. The topological polar surface area (TPSA) is 163 Å². The van der Waals surface area contributed by atoms with Crippen LogP contribution in [0.15, 0.2) is 72.8 Å². The van der Waals surface area contributed by atoms with Crippen molar-refractivity contribution in [3.05, 3.63) is 106 Å². The maximum atomic E-state index is 5.78. The molecule has 3 aromatic carbocycles. The Balaban J connectivity index is 0.000000413. The summed E-state index contributed by atoms with van der Waals surface area (Å²) in [7, 11) is 0. The maximum absolute atomic E-state index is 5.78. The van der Waals surface area contributed by atoms with Gasteiger partial charge >= 0.3 is 0 Å². The summed E-state index contributed by atoms with van der Waals surface area (Å²) < 4.78 is 0. The third kappa shape index (κ3) is 19.1. The summed E-state index contributed by atoms with van der Waals surface area (Å²) in [5, 5.41) is 0. The molecule has 0 spiro atoms. The molecular weight excluding hydrogens is 568 g/mol. The van der Waals surface area contributed by atoms with Crippen LogP contribution in [0.5, 0.6) is 0 Å². The molecule has 0 aliphatic carbocycles. The minimum Gasteiger partial charge on any atom is -0.330 e. The summed E-state index contributed by atoms with van der Waals surface area (Å²) >= 11 is 0. The first kappa shape index (κ1) is 41.4. The zero-order chi connectivity index (χ0) is 34.2. The van der Waals surface area contributed by atoms with Crippen LogP contribution in [0.4, 0.5) is 0 Å². The molecule has 0 saturated heterocycles. The third-order valence-corrected chi connectivity index (χ3v) is 7.99. The predicted octanol–water partition coefficient (Wildman–Crippen LogP) is 2.97. The van der Waals surface area contributed by atoms with Gasteiger partial charge in [-0.2, -0.15) is 0 Å². The average Bonchev–Trinajstić information content (AvgIpc) is 3.04. The van der Waals surface area contributed by atoms with Crippen LogP contribution in [0.3, 0.4) is 0 Å². The Labute approximate surface area is 280 Å². The quantitative estimate of drug-likeness (QED) is 0.124. The molecule has 3 rings (SSSR count). The van der Waals surface area contributed by atoms with Crippen molar-refractivity contribution in [2.24, 2.45) is 46.2 Å². The molecule has 0 radical (unpaired) electrons. The molecule has 0 fully saturated rings. The fourth-order valence-corrected chi connectivity index (χ4v) is 5.25. The van der Waals surface area contributed by atoms with E-state index in [0.29, 0.717) is 51.1 Å². The van der Waals surface area contributed by atoms with Gasteiger partial charge in [-0.1, -0.05) is 95.1 Å². The lowest BCUT2D eigenvalue weighted by atomic mass is 9.97. The van der Waals surface area contributed by atoms with E-state index in [1.54, 1.807) is 0 Å². The van der Waals surface area contributed by atoms with Crippen molar-refractivity contribution in [3.63, 3.8) is 0 Å². The smallest absolute Gasteiger partial charge is 0.0105 e. The van der Waals surface area contributed by atoms with Crippen molar-refractivity contribution < 1.29 is 0 Å². The van der Waals surface area contributed by atoms with Gasteiger partial charge in [0.2, 0.25) is 0 Å². The minimum atomic E-state index is 0.419. The Hall–Kier alpha value is -2.66. The fourth-order valence-electron chi connectivity index (χ4n) is 5.25. The van der Waals surface area contributed by atoms with Gasteiger partial charge in [-0.25, -0.2) is 0 Å². The van der Waals surface area contributed by atoms with E-state index in [-0.39, 0.29) is 0 Å². The second kappa shape index (κ2) is 25.4. The summed E-state index contributed by atoms with van der Waals surface area (Å²) in [5.74, 6) is 0.918. The number of hydrogen-bond donors (Lipinski definition) is 6. The molecule has 258 valence electrons. The summed E-state index contributed by atoms with van der Waals surface area (Å²) in [5.41, 5.74) is 42.2. The van der Waals surface area contributed by atoms with Crippen LogP contribution in [0.2, 0.25) is 0 Å². The van der Waals surface area contributed by atoms with Crippen LogP contribution >= 0.6 is 0 Å². The van der Waals surface area contributed by atoms with E-state index in [0.717, 1.165) is 52.1 Å². The lowest BCUT2D eigenvalue weighted by Crippen LogP contribution is -2.43. The molecule has 12 N–H and O–H groups in total. The molecule has 46 heavy (non-hydrogen) atoms. The number of nitrogens with two attached hydrogens (primary N) is 6. The molecule has 0 heterocycles. The van der Waals surface area contributed by atoms with Crippen molar-refractivity contribution in [2.75, 3.05) is 78.5 Å². The first-order valence-corrected chi connectivity index (χ1v) is 17.0. The summed E-state index contributed by atoms with van der Waals surface area (Å²) in [6, 6.07) is 25.8. The third-order valence-electron chi connectivity index (χ3n) is 7.99. The summed E-state index contributed by atoms with van der Waals surface area (Å²) in [6.07, 6.45) is 2.03. The summed E-state index contributed by atoms with van der Waals surface area (Å²) in [4.78, 5) is 4.75. The van der Waals surface area contributed by atoms with Gasteiger partial charge in [0.25, 0.3) is 0 Å². The molecule has 0 saturated carbocycles. The van der Waals surface area contributed by atoms with Crippen LogP contribution in [-0.4, -0.2) is 88.3 Å². The molecule has 0 unspecified atom stereocenters. The molecule has 0 bridgehead atoms. The largest absolute Gasteiger partial charge is 0.330 e. The Morgan fingerprint density at radius 1 is 0.413 bits per heavy atom. The van der Waals surface area contributed by atoms with E-state index in [4.69, 9.17) is 34.4 Å². The van der Waals surface area contributed by atoms with Gasteiger partial charge in [0.15, 0.2) is 0 Å². The zero-order valence-corrected chi connectivity index (χ0v) is 29.3. The zero-order valence-electron chi connectivity index (χ0n) is 29.3. The highest BCUT2D eigenvalue weighted by Crippen LogP contribution is 2.14. The van der Waals surface area contributed by atoms with Gasteiger partial charge in [0.05, 0.1) is 0 Å². The molecule has 0 atom stereocenters. The minimum absolute atomic E-state index is 0.419. The summed E-state index contributed by atoms with van der Waals surface area (Å²) in [6.45, 7) is 17.9. The number of rotatable bonds is 18. The van der Waals surface area contributed by atoms with E-state index in [1.165, 1.54) is 33.4 Å². The highest BCUT2D eigenvalue weighted by molar-refractivity contribution is 5.23. The molecule has 0 aliphatic heterocycles. The van der Waals surface area contributed by atoms with Crippen molar-refractivity contribution in [1.29, 1.82) is 0 Å². The van der Waals surface area contributed by atoms with Gasteiger partial charge in [-0.05, 0) is 76.6 Å². The monoisotopic (exact) mass is 635 g/mol. The standard InChI is InChI=1S/C19H38N6.C11H18N2.C8H10/c1-17-2-4-18(5-3-17)14-19(15-24(10-6-20)11-7-21)16-25(12-8-22)13-9-23;1-9-2-4-10(5-3-9)6-11(7-12)8-13;1-7-3-5-8(2)6-4-7/h2-5,19H,6-16,20-23H2,1H3;2-5,11H,6-8,12-13H2,1H3;3-6H,1-2H3. The van der Waals surface area contributed by atoms with Crippen LogP contribution in [0.1, 0.15) is 33.4 Å². The van der Waals surface area contributed by atoms with Crippen molar-refractivity contribution in [1.82, 2.24) is 9.80 Å². The molecule has 8 heteroatoms. The number of nitrogens with zero attached hydrogens (tertiary/aromatic N) is 2. The van der Waals surface area contributed by atoms with Gasteiger partial charge in [0.1, 0.15) is 0 Å². The number of benzene rings is 3. The maximum Gasteiger partial charge on any atom is 0.0105 e.